The molecule has 88 valence electrons. The fourth-order valence-corrected chi connectivity index (χ4v) is 1.50. The summed E-state index contributed by atoms with van der Waals surface area (Å²) in [5.74, 6) is -0.195. The van der Waals surface area contributed by atoms with Crippen molar-refractivity contribution < 1.29 is 4.39 Å². The van der Waals surface area contributed by atoms with Crippen molar-refractivity contribution in [2.75, 3.05) is 6.26 Å². The fraction of sp³-hybridized carbons (Fsp3) is 0.500. The van der Waals surface area contributed by atoms with Crippen LogP contribution in [0.5, 0.6) is 0 Å². The molecule has 15 heavy (non-hydrogen) atoms. The van der Waals surface area contributed by atoms with Gasteiger partial charge in [-0.3, -0.25) is 0 Å². The van der Waals surface area contributed by atoms with E-state index in [4.69, 9.17) is 11.6 Å². The van der Waals surface area contributed by atoms with E-state index < -0.39 is 0 Å². The average Bonchev–Trinajstić information content (AvgIpc) is 2.29. The van der Waals surface area contributed by atoms with Gasteiger partial charge in [0.2, 0.25) is 0 Å². The van der Waals surface area contributed by atoms with Crippen LogP contribution in [0.25, 0.3) is 0 Å². The molecule has 0 aliphatic rings. The van der Waals surface area contributed by atoms with Crippen LogP contribution in [0.2, 0.25) is 5.02 Å². The van der Waals surface area contributed by atoms with Gasteiger partial charge in [0.1, 0.15) is 5.82 Å². The second-order valence-electron chi connectivity index (χ2n) is 2.24. The van der Waals surface area contributed by atoms with E-state index in [1.54, 1.807) is 13.0 Å². The first-order valence-corrected chi connectivity index (χ1v) is 6.75. The smallest absolute Gasteiger partial charge is 0.137 e. The number of halogens is 2. The number of benzene rings is 1. The lowest BCUT2D eigenvalue weighted by atomic mass is 10.2. The average molecular weight is 251 g/mol. The van der Waals surface area contributed by atoms with Crippen LogP contribution in [0.15, 0.2) is 17.0 Å². The van der Waals surface area contributed by atoms with Gasteiger partial charge >= 0.3 is 0 Å². The fourth-order valence-electron chi connectivity index (χ4n) is 0.784. The molecule has 1 aromatic rings. The van der Waals surface area contributed by atoms with Crippen LogP contribution in [-0.2, 0) is 0 Å². The molecule has 0 unspecified atom stereocenters. The van der Waals surface area contributed by atoms with Crippen molar-refractivity contribution in [1.82, 2.24) is 0 Å². The SMILES string of the molecule is CC.CC.CSc1cc(Cl)c(C)cc1F. The van der Waals surface area contributed by atoms with Crippen LogP contribution >= 0.6 is 23.4 Å². The van der Waals surface area contributed by atoms with Crippen molar-refractivity contribution in [2.45, 2.75) is 39.5 Å². The molecule has 0 saturated heterocycles. The first-order valence-electron chi connectivity index (χ1n) is 5.15. The zero-order chi connectivity index (χ0) is 12.4. The minimum atomic E-state index is -0.195. The van der Waals surface area contributed by atoms with Crippen molar-refractivity contribution in [3.63, 3.8) is 0 Å². The molecular formula is C12H20ClFS. The van der Waals surface area contributed by atoms with E-state index in [1.165, 1.54) is 17.8 Å². The number of thioether (sulfide) groups is 1. The largest absolute Gasteiger partial charge is 0.206 e. The summed E-state index contributed by atoms with van der Waals surface area (Å²) in [6.45, 7) is 9.79. The van der Waals surface area contributed by atoms with Gasteiger partial charge in [-0.25, -0.2) is 4.39 Å². The Hall–Kier alpha value is -0.210. The van der Waals surface area contributed by atoms with Crippen molar-refractivity contribution in [2.24, 2.45) is 0 Å². The number of rotatable bonds is 1. The highest BCUT2D eigenvalue weighted by Crippen LogP contribution is 2.25. The summed E-state index contributed by atoms with van der Waals surface area (Å²) >= 11 is 7.14. The van der Waals surface area contributed by atoms with Gasteiger partial charge in [0, 0.05) is 9.92 Å². The standard InChI is InChI=1S/C8H8ClFS.2C2H6/c1-5-3-7(10)8(11-2)4-6(5)9;2*1-2/h3-4H,1-2H3;2*1-2H3. The second kappa shape index (κ2) is 10.3. The minimum absolute atomic E-state index is 0.195. The van der Waals surface area contributed by atoms with E-state index in [2.05, 4.69) is 0 Å². The summed E-state index contributed by atoms with van der Waals surface area (Å²) in [7, 11) is 0. The van der Waals surface area contributed by atoms with Gasteiger partial charge in [0.15, 0.2) is 0 Å². The van der Waals surface area contributed by atoms with Crippen LogP contribution in [0.3, 0.4) is 0 Å². The monoisotopic (exact) mass is 250 g/mol. The van der Waals surface area contributed by atoms with Gasteiger partial charge < -0.3 is 0 Å². The molecule has 0 atom stereocenters. The first-order chi connectivity index (χ1) is 7.15. The normalized spacial score (nSPS) is 8.27. The molecule has 0 heterocycles. The Balaban J connectivity index is 0. The highest BCUT2D eigenvalue weighted by Gasteiger charge is 2.03. The van der Waals surface area contributed by atoms with Crippen molar-refractivity contribution in [3.05, 3.63) is 28.5 Å². The summed E-state index contributed by atoms with van der Waals surface area (Å²) in [5, 5.41) is 0.621. The number of hydrogen-bond donors (Lipinski definition) is 0. The van der Waals surface area contributed by atoms with Gasteiger partial charge in [-0.05, 0) is 30.9 Å². The summed E-state index contributed by atoms with van der Waals surface area (Å²) in [4.78, 5) is 0.598. The van der Waals surface area contributed by atoms with Crippen molar-refractivity contribution >= 4 is 23.4 Å². The maximum absolute atomic E-state index is 13.0. The summed E-state index contributed by atoms with van der Waals surface area (Å²) in [5.41, 5.74) is 0.780. The zero-order valence-electron chi connectivity index (χ0n) is 10.3. The van der Waals surface area contributed by atoms with Crippen LogP contribution in [0.1, 0.15) is 33.3 Å². The molecule has 0 saturated carbocycles. The Morgan fingerprint density at radius 1 is 1.13 bits per heavy atom. The molecule has 0 aliphatic carbocycles. The quantitative estimate of drug-likeness (QED) is 0.588. The molecule has 0 nitrogen and oxygen atoms in total. The molecule has 0 aromatic heterocycles. The van der Waals surface area contributed by atoms with Crippen LogP contribution < -0.4 is 0 Å². The lowest BCUT2D eigenvalue weighted by molar-refractivity contribution is 0.601. The highest BCUT2D eigenvalue weighted by molar-refractivity contribution is 7.98. The molecule has 0 amide bonds. The molecule has 3 heteroatoms. The maximum Gasteiger partial charge on any atom is 0.137 e. The molecule has 0 fully saturated rings. The van der Waals surface area contributed by atoms with Crippen LogP contribution in [0.4, 0.5) is 4.39 Å². The topological polar surface area (TPSA) is 0 Å². The number of hydrogen-bond acceptors (Lipinski definition) is 1. The predicted octanol–water partition coefficient (Wildman–Crippen LogP) is 5.56. The zero-order valence-corrected chi connectivity index (χ0v) is 11.9. The molecule has 1 rings (SSSR count). The van der Waals surface area contributed by atoms with E-state index in [0.29, 0.717) is 9.92 Å². The Kier molecular flexibility index (Phi) is 11.8. The molecule has 0 spiro atoms. The summed E-state index contributed by atoms with van der Waals surface area (Å²) in [6, 6.07) is 3.10. The maximum atomic E-state index is 13.0. The lowest BCUT2D eigenvalue weighted by Gasteiger charge is -2.01. The minimum Gasteiger partial charge on any atom is -0.206 e. The van der Waals surface area contributed by atoms with Crippen molar-refractivity contribution in [3.8, 4) is 0 Å². The van der Waals surface area contributed by atoms with Crippen LogP contribution in [0, 0.1) is 12.7 Å². The van der Waals surface area contributed by atoms with Gasteiger partial charge in [-0.2, -0.15) is 0 Å². The third-order valence-corrected chi connectivity index (χ3v) is 2.59. The molecule has 0 radical (unpaired) electrons. The second-order valence-corrected chi connectivity index (χ2v) is 3.49. The van der Waals surface area contributed by atoms with E-state index in [1.807, 2.05) is 34.0 Å². The van der Waals surface area contributed by atoms with Gasteiger partial charge in [-0.1, -0.05) is 39.3 Å². The summed E-state index contributed by atoms with van der Waals surface area (Å²) in [6.07, 6.45) is 1.82. The van der Waals surface area contributed by atoms with Crippen molar-refractivity contribution in [1.29, 1.82) is 0 Å². The van der Waals surface area contributed by atoms with E-state index in [0.717, 1.165) is 5.56 Å². The van der Waals surface area contributed by atoms with E-state index in [-0.39, 0.29) is 5.82 Å². The Morgan fingerprint density at radius 3 is 2.00 bits per heavy atom. The molecule has 0 N–H and O–H groups in total. The third kappa shape index (κ3) is 6.06. The van der Waals surface area contributed by atoms with Crippen LogP contribution in [-0.4, -0.2) is 6.26 Å². The van der Waals surface area contributed by atoms with Gasteiger partial charge in [0.25, 0.3) is 0 Å². The molecule has 0 bridgehead atoms. The summed E-state index contributed by atoms with van der Waals surface area (Å²) < 4.78 is 13.0. The lowest BCUT2D eigenvalue weighted by Crippen LogP contribution is -1.83. The van der Waals surface area contributed by atoms with E-state index in [9.17, 15) is 4.39 Å². The Labute approximate surface area is 102 Å². The van der Waals surface area contributed by atoms with Gasteiger partial charge in [-0.15, -0.1) is 11.8 Å². The first kappa shape index (κ1) is 17.2. The Morgan fingerprint density at radius 2 is 1.60 bits per heavy atom. The van der Waals surface area contributed by atoms with E-state index >= 15 is 0 Å². The molecule has 0 aliphatic heterocycles. The van der Waals surface area contributed by atoms with Gasteiger partial charge in [0.05, 0.1) is 0 Å². The Bertz CT molecular complexity index is 275. The molecular weight excluding hydrogens is 231 g/mol. The third-order valence-electron chi connectivity index (χ3n) is 1.43. The predicted molar refractivity (Wildman–Crippen MR) is 70.6 cm³/mol. The molecule has 1 aromatic carbocycles. The number of aryl methyl sites for hydroxylation is 1. The highest BCUT2D eigenvalue weighted by atomic mass is 35.5.